The molecule has 0 bridgehead atoms. The number of amides is 1. The van der Waals surface area contributed by atoms with Gasteiger partial charge in [-0.25, -0.2) is 0 Å². The van der Waals surface area contributed by atoms with Gasteiger partial charge in [0.25, 0.3) is 0 Å². The second kappa shape index (κ2) is 7.92. The van der Waals surface area contributed by atoms with Crippen molar-refractivity contribution < 1.29 is 9.53 Å². The van der Waals surface area contributed by atoms with Gasteiger partial charge in [-0.1, -0.05) is 0 Å². The Labute approximate surface area is 150 Å². The minimum atomic E-state index is 0.307. The van der Waals surface area contributed by atoms with E-state index in [1.54, 1.807) is 0 Å². The molecule has 1 atom stereocenters. The van der Waals surface area contributed by atoms with Crippen LogP contribution in [0.5, 0.6) is 0 Å². The van der Waals surface area contributed by atoms with Crippen LogP contribution >= 0.6 is 0 Å². The molecule has 3 aliphatic rings. The van der Waals surface area contributed by atoms with Crippen molar-refractivity contribution in [1.82, 2.24) is 14.4 Å². The summed E-state index contributed by atoms with van der Waals surface area (Å²) in [6, 6.07) is 4.32. The van der Waals surface area contributed by atoms with Crippen molar-refractivity contribution in [3.8, 4) is 0 Å². The van der Waals surface area contributed by atoms with Crippen molar-refractivity contribution in [3.05, 3.63) is 24.0 Å². The van der Waals surface area contributed by atoms with Gasteiger partial charge in [-0.05, 0) is 56.1 Å². The smallest absolute Gasteiger partial charge is 0.236 e. The van der Waals surface area contributed by atoms with E-state index in [1.807, 2.05) is 4.90 Å². The Hall–Kier alpha value is -1.33. The van der Waals surface area contributed by atoms with Crippen LogP contribution in [-0.4, -0.2) is 59.7 Å². The normalized spacial score (nSPS) is 24.3. The maximum Gasteiger partial charge on any atom is 0.236 e. The number of carbonyl (C=O) groups excluding carboxylic acids is 1. The quantitative estimate of drug-likeness (QED) is 0.712. The number of hydrogen-bond acceptors (Lipinski definition) is 3. The van der Waals surface area contributed by atoms with Crippen LogP contribution in [0.25, 0.3) is 0 Å². The first-order chi connectivity index (χ1) is 12.3. The highest BCUT2D eigenvalue weighted by Crippen LogP contribution is 2.29. The Kier molecular flexibility index (Phi) is 5.42. The molecule has 5 heteroatoms. The summed E-state index contributed by atoms with van der Waals surface area (Å²) in [4.78, 5) is 17.0. The number of hydrogen-bond donors (Lipinski definition) is 0. The van der Waals surface area contributed by atoms with E-state index in [1.165, 1.54) is 18.5 Å². The van der Waals surface area contributed by atoms with Crippen LogP contribution in [0.4, 0.5) is 0 Å². The topological polar surface area (TPSA) is 37.7 Å². The minimum absolute atomic E-state index is 0.307. The Balaban J connectivity index is 1.33. The predicted molar refractivity (Wildman–Crippen MR) is 97.2 cm³/mol. The van der Waals surface area contributed by atoms with Crippen LogP contribution in [0.2, 0.25) is 0 Å². The number of carbonyl (C=O) groups is 1. The predicted octanol–water partition coefficient (Wildman–Crippen LogP) is 2.36. The van der Waals surface area contributed by atoms with Crippen LogP contribution in [0.3, 0.4) is 0 Å². The molecular formula is C20H31N3O2. The first-order valence-corrected chi connectivity index (χ1v) is 10.00. The van der Waals surface area contributed by atoms with E-state index in [-0.39, 0.29) is 0 Å². The lowest BCUT2D eigenvalue weighted by molar-refractivity contribution is -0.131. The molecule has 2 aliphatic heterocycles. The molecule has 5 nitrogen and oxygen atoms in total. The van der Waals surface area contributed by atoms with Gasteiger partial charge < -0.3 is 14.2 Å². The summed E-state index contributed by atoms with van der Waals surface area (Å²) in [5.41, 5.74) is 1.33. The summed E-state index contributed by atoms with van der Waals surface area (Å²) in [5.74, 6) is 1.69. The van der Waals surface area contributed by atoms with Crippen molar-refractivity contribution in [1.29, 1.82) is 0 Å². The fourth-order valence-electron chi connectivity index (χ4n) is 4.11. The molecular weight excluding hydrogens is 314 g/mol. The molecule has 1 aliphatic carbocycles. The first kappa shape index (κ1) is 17.1. The van der Waals surface area contributed by atoms with Crippen LogP contribution in [-0.2, 0) is 22.6 Å². The third-order valence-corrected chi connectivity index (χ3v) is 5.82. The van der Waals surface area contributed by atoms with Gasteiger partial charge in [0.1, 0.15) is 0 Å². The lowest BCUT2D eigenvalue weighted by Crippen LogP contribution is -2.40. The Morgan fingerprint density at radius 2 is 2.00 bits per heavy atom. The van der Waals surface area contributed by atoms with Gasteiger partial charge >= 0.3 is 0 Å². The zero-order chi connectivity index (χ0) is 17.1. The average molecular weight is 345 g/mol. The van der Waals surface area contributed by atoms with Gasteiger partial charge in [0.2, 0.25) is 5.91 Å². The van der Waals surface area contributed by atoms with Gasteiger partial charge in [0, 0.05) is 57.8 Å². The summed E-state index contributed by atoms with van der Waals surface area (Å²) in [7, 11) is 0. The molecule has 138 valence electrons. The lowest BCUT2D eigenvalue weighted by Gasteiger charge is -2.25. The minimum Gasteiger partial charge on any atom is -0.381 e. The molecule has 3 heterocycles. The summed E-state index contributed by atoms with van der Waals surface area (Å²) in [5, 5.41) is 0. The number of rotatable bonds is 7. The maximum atomic E-state index is 12.6. The third-order valence-electron chi connectivity index (χ3n) is 5.82. The molecule has 1 aromatic heterocycles. The summed E-state index contributed by atoms with van der Waals surface area (Å²) < 4.78 is 8.23. The van der Waals surface area contributed by atoms with Gasteiger partial charge in [-0.2, -0.15) is 0 Å². The standard InChI is InChI=1S/C20H31N3O2/c24-20(22-8-1-2-9-22)15-21-12-18(7-11-25-16-17-5-6-17)13-23-10-3-4-19(23)14-21/h3-4,10,17-18H,1-2,5-9,11-16H2. The second-order valence-electron chi connectivity index (χ2n) is 8.08. The van der Waals surface area contributed by atoms with Crippen molar-refractivity contribution in [2.24, 2.45) is 11.8 Å². The van der Waals surface area contributed by atoms with Crippen LogP contribution < -0.4 is 0 Å². The fraction of sp³-hybridized carbons (Fsp3) is 0.750. The van der Waals surface area contributed by atoms with Gasteiger partial charge in [0.05, 0.1) is 6.54 Å². The van der Waals surface area contributed by atoms with Gasteiger partial charge in [-0.3, -0.25) is 9.69 Å². The van der Waals surface area contributed by atoms with E-state index in [4.69, 9.17) is 4.74 Å². The van der Waals surface area contributed by atoms with E-state index in [2.05, 4.69) is 27.8 Å². The molecule has 0 N–H and O–H groups in total. The number of nitrogens with zero attached hydrogens (tertiary/aromatic N) is 3. The van der Waals surface area contributed by atoms with Gasteiger partial charge in [0.15, 0.2) is 0 Å². The van der Waals surface area contributed by atoms with Crippen molar-refractivity contribution in [2.45, 2.75) is 45.2 Å². The largest absolute Gasteiger partial charge is 0.381 e. The molecule has 4 rings (SSSR count). The molecule has 0 aromatic carbocycles. The van der Waals surface area contributed by atoms with Gasteiger partial charge in [-0.15, -0.1) is 0 Å². The lowest BCUT2D eigenvalue weighted by atomic mass is 10.1. The number of aromatic nitrogens is 1. The summed E-state index contributed by atoms with van der Waals surface area (Å²) >= 11 is 0. The zero-order valence-electron chi connectivity index (χ0n) is 15.2. The summed E-state index contributed by atoms with van der Waals surface area (Å²) in [6.45, 7) is 7.17. The summed E-state index contributed by atoms with van der Waals surface area (Å²) in [6.07, 6.45) is 8.29. The molecule has 1 unspecified atom stereocenters. The number of likely N-dealkylation sites (tertiary alicyclic amines) is 1. The Morgan fingerprint density at radius 1 is 1.16 bits per heavy atom. The molecule has 0 spiro atoms. The Bertz CT molecular complexity index is 575. The molecule has 25 heavy (non-hydrogen) atoms. The molecule has 0 radical (unpaired) electrons. The van der Waals surface area contributed by atoms with Crippen molar-refractivity contribution >= 4 is 5.91 Å². The highest BCUT2D eigenvalue weighted by molar-refractivity contribution is 5.78. The molecule has 1 saturated carbocycles. The van der Waals surface area contributed by atoms with E-state index >= 15 is 0 Å². The van der Waals surface area contributed by atoms with E-state index in [0.29, 0.717) is 18.4 Å². The fourth-order valence-corrected chi connectivity index (χ4v) is 4.11. The number of fused-ring (bicyclic) bond motifs is 1. The van der Waals surface area contributed by atoms with E-state index < -0.39 is 0 Å². The average Bonchev–Trinajstić information content (AvgIpc) is 3.11. The van der Waals surface area contributed by atoms with Crippen LogP contribution in [0, 0.1) is 11.8 Å². The highest BCUT2D eigenvalue weighted by Gasteiger charge is 2.26. The number of ether oxygens (including phenoxy) is 1. The van der Waals surface area contributed by atoms with Crippen LogP contribution in [0.1, 0.15) is 37.8 Å². The van der Waals surface area contributed by atoms with E-state index in [9.17, 15) is 4.79 Å². The van der Waals surface area contributed by atoms with Crippen LogP contribution in [0.15, 0.2) is 18.3 Å². The molecule has 2 fully saturated rings. The maximum absolute atomic E-state index is 12.6. The third kappa shape index (κ3) is 4.64. The second-order valence-corrected chi connectivity index (χ2v) is 8.08. The molecule has 1 saturated heterocycles. The van der Waals surface area contributed by atoms with Crippen molar-refractivity contribution in [2.75, 3.05) is 39.4 Å². The monoisotopic (exact) mass is 345 g/mol. The highest BCUT2D eigenvalue weighted by atomic mass is 16.5. The molecule has 1 amide bonds. The molecule has 1 aromatic rings. The van der Waals surface area contributed by atoms with E-state index in [0.717, 1.165) is 71.1 Å². The zero-order valence-corrected chi connectivity index (χ0v) is 15.2. The SMILES string of the molecule is O=C(CN1Cc2cccn2CC(CCOCC2CC2)C1)N1CCCC1. The first-order valence-electron chi connectivity index (χ1n) is 10.00. The Morgan fingerprint density at radius 3 is 2.80 bits per heavy atom. The van der Waals surface area contributed by atoms with Crippen molar-refractivity contribution in [3.63, 3.8) is 0 Å².